The van der Waals surface area contributed by atoms with Gasteiger partial charge in [-0.1, -0.05) is 0 Å². The smallest absolute Gasteiger partial charge is 0.164 e. The summed E-state index contributed by atoms with van der Waals surface area (Å²) in [5.74, 6) is 0. The SMILES string of the molecule is FC(F)(F)C(=NN=C(C(F)(F)F)C(F)(F)F)C(F)(F)F. The summed E-state index contributed by atoms with van der Waals surface area (Å²) in [5.41, 5.74) is -7.70. The summed E-state index contributed by atoms with van der Waals surface area (Å²) in [6.07, 6.45) is -25.3. The molecule has 0 fully saturated rings. The van der Waals surface area contributed by atoms with E-state index in [-0.39, 0.29) is 0 Å². The maximum atomic E-state index is 11.8. The summed E-state index contributed by atoms with van der Waals surface area (Å²) in [7, 11) is 0. The fourth-order valence-corrected chi connectivity index (χ4v) is 0.648. The Bertz CT molecular complexity index is 330. The van der Waals surface area contributed by atoms with Crippen molar-refractivity contribution < 1.29 is 52.7 Å². The molecular weight excluding hydrogens is 328 g/mol. The number of hydrogen-bond acceptors (Lipinski definition) is 2. The minimum absolute atomic E-state index is 1.01. The fraction of sp³-hybridized carbons (Fsp3) is 0.667. The Labute approximate surface area is 100 Å². The zero-order chi connectivity index (χ0) is 16.6. The Hall–Kier alpha value is -1.50. The van der Waals surface area contributed by atoms with Gasteiger partial charge in [-0.2, -0.15) is 52.7 Å². The van der Waals surface area contributed by atoms with Gasteiger partial charge in [-0.3, -0.25) is 0 Å². The standard InChI is InChI=1S/C6F12N2/c7-3(8,9)1(4(10,11)12)19-20-2(5(13,14)15)6(16,17)18. The first-order chi connectivity index (χ1) is 8.47. The molecule has 118 valence electrons. The summed E-state index contributed by atoms with van der Waals surface area (Å²) in [4.78, 5) is 0. The van der Waals surface area contributed by atoms with Crippen molar-refractivity contribution in [2.24, 2.45) is 10.2 Å². The highest BCUT2D eigenvalue weighted by atomic mass is 19.4. The molecule has 0 aromatic heterocycles. The van der Waals surface area contributed by atoms with E-state index < -0.39 is 36.1 Å². The zero-order valence-corrected chi connectivity index (χ0v) is 8.43. The van der Waals surface area contributed by atoms with Gasteiger partial charge in [-0.25, -0.2) is 0 Å². The van der Waals surface area contributed by atoms with Gasteiger partial charge in [0.05, 0.1) is 0 Å². The minimum Gasteiger partial charge on any atom is -0.164 e. The summed E-state index contributed by atoms with van der Waals surface area (Å²) in [5, 5.41) is 2.03. The van der Waals surface area contributed by atoms with Gasteiger partial charge >= 0.3 is 24.7 Å². The molecule has 20 heavy (non-hydrogen) atoms. The molecule has 0 radical (unpaired) electrons. The monoisotopic (exact) mass is 328 g/mol. The Morgan fingerprint density at radius 1 is 0.400 bits per heavy atom. The molecule has 0 saturated heterocycles. The van der Waals surface area contributed by atoms with Crippen molar-refractivity contribution in [3.8, 4) is 0 Å². The van der Waals surface area contributed by atoms with E-state index in [0.717, 1.165) is 10.2 Å². The van der Waals surface area contributed by atoms with Gasteiger partial charge in [0.2, 0.25) is 11.4 Å². The molecule has 0 heterocycles. The Morgan fingerprint density at radius 3 is 0.650 bits per heavy atom. The van der Waals surface area contributed by atoms with Crippen LogP contribution < -0.4 is 0 Å². The number of alkyl halides is 12. The first kappa shape index (κ1) is 18.5. The van der Waals surface area contributed by atoms with E-state index in [1.807, 2.05) is 0 Å². The molecule has 0 atom stereocenters. The average Bonchev–Trinajstić information content (AvgIpc) is 2.02. The second-order valence-corrected chi connectivity index (χ2v) is 2.89. The normalized spacial score (nSPS) is 14.0. The Balaban J connectivity index is 5.95. The van der Waals surface area contributed by atoms with Gasteiger partial charge in [-0.15, -0.1) is 10.2 Å². The molecule has 0 aliphatic rings. The largest absolute Gasteiger partial charge is 0.440 e. The van der Waals surface area contributed by atoms with E-state index in [9.17, 15) is 52.7 Å². The van der Waals surface area contributed by atoms with Crippen molar-refractivity contribution in [2.75, 3.05) is 0 Å². The molecule has 0 unspecified atom stereocenters. The van der Waals surface area contributed by atoms with Crippen molar-refractivity contribution in [3.63, 3.8) is 0 Å². The van der Waals surface area contributed by atoms with Crippen molar-refractivity contribution in [1.82, 2.24) is 0 Å². The molecule has 0 spiro atoms. The Morgan fingerprint density at radius 2 is 0.550 bits per heavy atom. The molecule has 2 nitrogen and oxygen atoms in total. The summed E-state index contributed by atoms with van der Waals surface area (Å²) < 4.78 is 141. The van der Waals surface area contributed by atoms with Crippen LogP contribution in [0, 0.1) is 0 Å². The van der Waals surface area contributed by atoms with Gasteiger partial charge in [0.1, 0.15) is 0 Å². The molecule has 0 aromatic rings. The number of halogens is 12. The molecule has 0 aliphatic heterocycles. The first-order valence-electron chi connectivity index (χ1n) is 3.92. The van der Waals surface area contributed by atoms with Gasteiger partial charge in [0.25, 0.3) is 0 Å². The first-order valence-corrected chi connectivity index (χ1v) is 3.92. The van der Waals surface area contributed by atoms with Crippen LogP contribution in [-0.4, -0.2) is 36.1 Å². The van der Waals surface area contributed by atoms with Crippen LogP contribution >= 0.6 is 0 Å². The molecule has 0 rings (SSSR count). The minimum atomic E-state index is -6.33. The van der Waals surface area contributed by atoms with E-state index in [1.165, 1.54) is 0 Å². The summed E-state index contributed by atoms with van der Waals surface area (Å²) >= 11 is 0. The summed E-state index contributed by atoms with van der Waals surface area (Å²) in [6.45, 7) is 0. The lowest BCUT2D eigenvalue weighted by molar-refractivity contribution is -0.122. The molecule has 0 saturated carbocycles. The molecular formula is C6F12N2. The molecule has 0 bridgehead atoms. The second kappa shape index (κ2) is 5.12. The molecule has 0 aromatic carbocycles. The topological polar surface area (TPSA) is 24.7 Å². The van der Waals surface area contributed by atoms with Crippen molar-refractivity contribution in [3.05, 3.63) is 0 Å². The van der Waals surface area contributed by atoms with Crippen molar-refractivity contribution in [2.45, 2.75) is 24.7 Å². The van der Waals surface area contributed by atoms with Crippen LogP contribution in [0.2, 0.25) is 0 Å². The lowest BCUT2D eigenvalue weighted by Gasteiger charge is -2.14. The second-order valence-electron chi connectivity index (χ2n) is 2.89. The predicted molar refractivity (Wildman–Crippen MR) is 39.1 cm³/mol. The third-order valence-electron chi connectivity index (χ3n) is 1.32. The maximum absolute atomic E-state index is 11.8. The van der Waals surface area contributed by atoms with E-state index in [2.05, 4.69) is 0 Å². The van der Waals surface area contributed by atoms with E-state index in [0.29, 0.717) is 0 Å². The van der Waals surface area contributed by atoms with Gasteiger partial charge in [0, 0.05) is 0 Å². The lowest BCUT2D eigenvalue weighted by atomic mass is 10.3. The van der Waals surface area contributed by atoms with Crippen LogP contribution in [0.3, 0.4) is 0 Å². The summed E-state index contributed by atoms with van der Waals surface area (Å²) in [6, 6.07) is 0. The molecule has 0 N–H and O–H groups in total. The van der Waals surface area contributed by atoms with Crippen LogP contribution in [0.4, 0.5) is 52.7 Å². The molecule has 0 aliphatic carbocycles. The van der Waals surface area contributed by atoms with Crippen LogP contribution in [0.1, 0.15) is 0 Å². The van der Waals surface area contributed by atoms with E-state index >= 15 is 0 Å². The maximum Gasteiger partial charge on any atom is 0.440 e. The van der Waals surface area contributed by atoms with Crippen molar-refractivity contribution >= 4 is 11.4 Å². The highest BCUT2D eigenvalue weighted by Gasteiger charge is 2.56. The average molecular weight is 328 g/mol. The number of hydrogen-bond donors (Lipinski definition) is 0. The van der Waals surface area contributed by atoms with Crippen LogP contribution in [-0.2, 0) is 0 Å². The fourth-order valence-electron chi connectivity index (χ4n) is 0.648. The van der Waals surface area contributed by atoms with Crippen LogP contribution in [0.25, 0.3) is 0 Å². The van der Waals surface area contributed by atoms with Gasteiger partial charge < -0.3 is 0 Å². The van der Waals surface area contributed by atoms with Crippen molar-refractivity contribution in [1.29, 1.82) is 0 Å². The third-order valence-corrected chi connectivity index (χ3v) is 1.32. The zero-order valence-electron chi connectivity index (χ0n) is 8.43. The molecule has 0 amide bonds. The van der Waals surface area contributed by atoms with Crippen LogP contribution in [0.5, 0.6) is 0 Å². The number of rotatable bonds is 1. The quantitative estimate of drug-likeness (QED) is 0.394. The number of nitrogens with zero attached hydrogens (tertiary/aromatic N) is 2. The van der Waals surface area contributed by atoms with Gasteiger partial charge in [0.15, 0.2) is 0 Å². The lowest BCUT2D eigenvalue weighted by Crippen LogP contribution is -2.39. The van der Waals surface area contributed by atoms with E-state index in [4.69, 9.17) is 0 Å². The third kappa shape index (κ3) is 5.24. The van der Waals surface area contributed by atoms with Crippen LogP contribution in [0.15, 0.2) is 10.2 Å². The van der Waals surface area contributed by atoms with Gasteiger partial charge in [-0.05, 0) is 0 Å². The molecule has 14 heteroatoms. The predicted octanol–water partition coefficient (Wildman–Crippen LogP) is 4.03. The van der Waals surface area contributed by atoms with E-state index in [1.54, 1.807) is 0 Å². The Kier molecular flexibility index (Phi) is 4.74. The highest BCUT2D eigenvalue weighted by molar-refractivity contribution is 5.97. The highest BCUT2D eigenvalue weighted by Crippen LogP contribution is 2.33.